The van der Waals surface area contributed by atoms with E-state index < -0.39 is 0 Å². The Hall–Kier alpha value is -2.07. The van der Waals surface area contributed by atoms with Gasteiger partial charge >= 0.3 is 0 Å². The summed E-state index contributed by atoms with van der Waals surface area (Å²) in [6.07, 6.45) is 0.646. The highest BCUT2D eigenvalue weighted by Gasteiger charge is 2.02. The van der Waals surface area contributed by atoms with Gasteiger partial charge in [-0.3, -0.25) is 4.79 Å². The Labute approximate surface area is 127 Å². The van der Waals surface area contributed by atoms with Crippen molar-refractivity contribution in [3.63, 3.8) is 0 Å². The summed E-state index contributed by atoms with van der Waals surface area (Å²) in [6.45, 7) is 0.430. The molecule has 0 aliphatic rings. The summed E-state index contributed by atoms with van der Waals surface area (Å²) in [7, 11) is 0. The summed E-state index contributed by atoms with van der Waals surface area (Å²) < 4.78 is 18.1. The maximum atomic E-state index is 12.7. The molecule has 5 heteroatoms. The van der Waals surface area contributed by atoms with Crippen LogP contribution in [0.3, 0.4) is 0 Å². The van der Waals surface area contributed by atoms with E-state index in [0.717, 1.165) is 5.56 Å². The molecule has 0 atom stereocenters. The smallest absolute Gasteiger partial charge is 0.257 e. The predicted molar refractivity (Wildman–Crippen MR) is 80.1 cm³/mol. The topological polar surface area (TPSA) is 38.3 Å². The van der Waals surface area contributed by atoms with Crippen LogP contribution in [-0.2, 0) is 11.2 Å². The fraction of sp³-hybridized carbons (Fsp3) is 0.188. The first-order valence-electron chi connectivity index (χ1n) is 6.53. The molecule has 0 aliphatic carbocycles. The van der Waals surface area contributed by atoms with E-state index in [9.17, 15) is 9.18 Å². The van der Waals surface area contributed by atoms with E-state index in [1.807, 2.05) is 0 Å². The van der Waals surface area contributed by atoms with Crippen LogP contribution in [0.1, 0.15) is 5.56 Å². The molecule has 21 heavy (non-hydrogen) atoms. The fourth-order valence-electron chi connectivity index (χ4n) is 1.73. The Kier molecular flexibility index (Phi) is 5.58. The van der Waals surface area contributed by atoms with Gasteiger partial charge in [-0.15, -0.1) is 0 Å². The molecule has 1 amide bonds. The van der Waals surface area contributed by atoms with Crippen LogP contribution < -0.4 is 10.1 Å². The van der Waals surface area contributed by atoms with Crippen molar-refractivity contribution in [1.82, 2.24) is 5.32 Å². The summed E-state index contributed by atoms with van der Waals surface area (Å²) in [4.78, 5) is 11.6. The normalized spacial score (nSPS) is 10.2. The second kappa shape index (κ2) is 7.64. The molecule has 110 valence electrons. The Morgan fingerprint density at radius 2 is 1.76 bits per heavy atom. The fourth-order valence-corrected chi connectivity index (χ4v) is 1.85. The lowest BCUT2D eigenvalue weighted by atomic mass is 10.1. The highest BCUT2D eigenvalue weighted by molar-refractivity contribution is 6.30. The van der Waals surface area contributed by atoms with E-state index in [1.54, 1.807) is 36.4 Å². The number of carbonyl (C=O) groups is 1. The van der Waals surface area contributed by atoms with E-state index in [-0.39, 0.29) is 18.3 Å². The van der Waals surface area contributed by atoms with Crippen molar-refractivity contribution in [2.75, 3.05) is 13.2 Å². The molecule has 0 bridgehead atoms. The van der Waals surface area contributed by atoms with Gasteiger partial charge < -0.3 is 10.1 Å². The van der Waals surface area contributed by atoms with E-state index in [2.05, 4.69) is 5.32 Å². The average Bonchev–Trinajstić information content (AvgIpc) is 2.49. The summed E-state index contributed by atoms with van der Waals surface area (Å²) in [5.74, 6) is 0.124. The van der Waals surface area contributed by atoms with Gasteiger partial charge in [-0.1, -0.05) is 23.7 Å². The lowest BCUT2D eigenvalue weighted by Gasteiger charge is -2.07. The molecular formula is C16H15ClFNO2. The number of rotatable bonds is 6. The van der Waals surface area contributed by atoms with Crippen LogP contribution >= 0.6 is 11.6 Å². The maximum absolute atomic E-state index is 12.7. The minimum atomic E-state index is -0.265. The predicted octanol–water partition coefficient (Wildman–Crippen LogP) is 3.22. The van der Waals surface area contributed by atoms with E-state index in [1.165, 1.54) is 12.1 Å². The van der Waals surface area contributed by atoms with Crippen LogP contribution in [0.5, 0.6) is 5.75 Å². The van der Waals surface area contributed by atoms with E-state index in [0.29, 0.717) is 23.7 Å². The van der Waals surface area contributed by atoms with Crippen LogP contribution in [0, 0.1) is 5.82 Å². The third-order valence-electron chi connectivity index (χ3n) is 2.83. The molecule has 0 fully saturated rings. The summed E-state index contributed by atoms with van der Waals surface area (Å²) in [6, 6.07) is 13.0. The molecule has 1 N–H and O–H groups in total. The molecule has 2 aromatic rings. The molecule has 3 nitrogen and oxygen atoms in total. The summed E-state index contributed by atoms with van der Waals surface area (Å²) >= 11 is 5.75. The second-order valence-corrected chi connectivity index (χ2v) is 4.91. The largest absolute Gasteiger partial charge is 0.484 e. The number of halogens is 2. The van der Waals surface area contributed by atoms with E-state index >= 15 is 0 Å². The number of carbonyl (C=O) groups excluding carboxylic acids is 1. The van der Waals surface area contributed by atoms with Crippen LogP contribution in [0.15, 0.2) is 48.5 Å². The first-order valence-corrected chi connectivity index (χ1v) is 6.91. The molecule has 0 heterocycles. The Morgan fingerprint density at radius 1 is 1.10 bits per heavy atom. The molecule has 0 saturated heterocycles. The number of benzene rings is 2. The van der Waals surface area contributed by atoms with Crippen LogP contribution in [-0.4, -0.2) is 19.1 Å². The van der Waals surface area contributed by atoms with Crippen molar-refractivity contribution in [3.8, 4) is 5.75 Å². The van der Waals surface area contributed by atoms with Crippen molar-refractivity contribution >= 4 is 17.5 Å². The van der Waals surface area contributed by atoms with Crippen molar-refractivity contribution in [1.29, 1.82) is 0 Å². The minimum absolute atomic E-state index is 0.0505. The third kappa shape index (κ3) is 5.44. The van der Waals surface area contributed by atoms with Crippen LogP contribution in [0.4, 0.5) is 4.39 Å². The Balaban J connectivity index is 1.67. The Bertz CT molecular complexity index is 584. The zero-order valence-electron chi connectivity index (χ0n) is 11.3. The van der Waals surface area contributed by atoms with Gasteiger partial charge in [0.2, 0.25) is 0 Å². The molecular weight excluding hydrogens is 293 g/mol. The molecule has 0 radical (unpaired) electrons. The quantitative estimate of drug-likeness (QED) is 0.890. The summed E-state index contributed by atoms with van der Waals surface area (Å²) in [5, 5.41) is 3.36. The zero-order valence-corrected chi connectivity index (χ0v) is 12.1. The van der Waals surface area contributed by atoms with Gasteiger partial charge in [0.15, 0.2) is 6.61 Å². The van der Waals surface area contributed by atoms with Crippen LogP contribution in [0.2, 0.25) is 5.02 Å². The molecule has 0 saturated carbocycles. The molecule has 2 rings (SSSR count). The molecule has 0 unspecified atom stereocenters. The van der Waals surface area contributed by atoms with Gasteiger partial charge in [0.05, 0.1) is 0 Å². The zero-order chi connectivity index (χ0) is 15.1. The average molecular weight is 308 g/mol. The standard InChI is InChI=1S/C16H15ClFNO2/c17-13-3-7-15(8-4-13)21-11-16(20)19-10-9-12-1-5-14(18)6-2-12/h1-8H,9-11H2,(H,19,20). The second-order valence-electron chi connectivity index (χ2n) is 4.47. The lowest BCUT2D eigenvalue weighted by molar-refractivity contribution is -0.123. The highest BCUT2D eigenvalue weighted by Crippen LogP contribution is 2.15. The summed E-state index contributed by atoms with van der Waals surface area (Å²) in [5.41, 5.74) is 0.968. The van der Waals surface area contributed by atoms with Gasteiger partial charge in [0, 0.05) is 11.6 Å². The molecule has 2 aromatic carbocycles. The SMILES string of the molecule is O=C(COc1ccc(Cl)cc1)NCCc1ccc(F)cc1. The van der Waals surface area contributed by atoms with Gasteiger partial charge in [0.25, 0.3) is 5.91 Å². The van der Waals surface area contributed by atoms with Gasteiger partial charge in [-0.25, -0.2) is 4.39 Å². The third-order valence-corrected chi connectivity index (χ3v) is 3.08. The van der Waals surface area contributed by atoms with Gasteiger partial charge in [-0.2, -0.15) is 0 Å². The molecule has 0 spiro atoms. The van der Waals surface area contributed by atoms with Crippen LogP contribution in [0.25, 0.3) is 0 Å². The van der Waals surface area contributed by atoms with Crippen molar-refractivity contribution in [2.45, 2.75) is 6.42 Å². The lowest BCUT2D eigenvalue weighted by Crippen LogP contribution is -2.30. The van der Waals surface area contributed by atoms with Gasteiger partial charge in [-0.05, 0) is 48.4 Å². The number of hydrogen-bond donors (Lipinski definition) is 1. The highest BCUT2D eigenvalue weighted by atomic mass is 35.5. The minimum Gasteiger partial charge on any atom is -0.484 e. The molecule has 0 aliphatic heterocycles. The maximum Gasteiger partial charge on any atom is 0.257 e. The number of ether oxygens (including phenoxy) is 1. The Morgan fingerprint density at radius 3 is 2.43 bits per heavy atom. The first-order chi connectivity index (χ1) is 10.1. The van der Waals surface area contributed by atoms with Crippen molar-refractivity contribution in [3.05, 3.63) is 64.9 Å². The first kappa shape index (κ1) is 15.3. The van der Waals surface area contributed by atoms with E-state index in [4.69, 9.17) is 16.3 Å². The van der Waals surface area contributed by atoms with Crippen molar-refractivity contribution < 1.29 is 13.9 Å². The number of nitrogens with one attached hydrogen (secondary N) is 1. The number of hydrogen-bond acceptors (Lipinski definition) is 2. The number of amides is 1. The monoisotopic (exact) mass is 307 g/mol. The van der Waals surface area contributed by atoms with Gasteiger partial charge in [0.1, 0.15) is 11.6 Å². The van der Waals surface area contributed by atoms with Crippen molar-refractivity contribution in [2.24, 2.45) is 0 Å². The molecule has 0 aromatic heterocycles.